The number of rotatable bonds is 3. The van der Waals surface area contributed by atoms with Crippen molar-refractivity contribution in [3.8, 4) is 23.1 Å². The Morgan fingerprint density at radius 1 is 1.10 bits per heavy atom. The third-order valence-electron chi connectivity index (χ3n) is 3.06. The van der Waals surface area contributed by atoms with E-state index in [9.17, 15) is 5.11 Å². The van der Waals surface area contributed by atoms with E-state index in [4.69, 9.17) is 9.47 Å². The zero-order valence-corrected chi connectivity index (χ0v) is 12.8. The lowest BCUT2D eigenvalue weighted by Gasteiger charge is -2.10. The van der Waals surface area contributed by atoms with Gasteiger partial charge in [-0.15, -0.1) is 0 Å². The Balaban J connectivity index is 2.04. The summed E-state index contributed by atoms with van der Waals surface area (Å²) < 4.78 is 11.8. The fourth-order valence-corrected chi connectivity index (χ4v) is 2.45. The average molecular weight is 346 g/mol. The van der Waals surface area contributed by atoms with Gasteiger partial charge in [-0.05, 0) is 57.7 Å². The van der Waals surface area contributed by atoms with E-state index >= 15 is 0 Å². The third-order valence-corrected chi connectivity index (χ3v) is 3.68. The minimum Gasteiger partial charge on any atom is -0.508 e. The summed E-state index contributed by atoms with van der Waals surface area (Å²) in [6.07, 6.45) is 1.67. The molecule has 2 aromatic carbocycles. The highest BCUT2D eigenvalue weighted by Gasteiger charge is 2.09. The molecular formula is C16H12BrNO3. The van der Waals surface area contributed by atoms with Crippen LogP contribution in [-0.2, 0) is 0 Å². The van der Waals surface area contributed by atoms with Crippen molar-refractivity contribution in [2.45, 2.75) is 0 Å². The van der Waals surface area contributed by atoms with Gasteiger partial charge in [-0.2, -0.15) is 0 Å². The standard InChI is InChI=1S/C16H12BrNO3/c1-20-12-4-5-15(14(17)9-12)21-16-13-8-11(19)3-2-10(13)6-7-18-16/h2-9,19H,1H3. The number of methoxy groups -OCH3 is 1. The molecule has 1 aromatic heterocycles. The van der Waals surface area contributed by atoms with E-state index in [-0.39, 0.29) is 5.75 Å². The van der Waals surface area contributed by atoms with E-state index < -0.39 is 0 Å². The summed E-state index contributed by atoms with van der Waals surface area (Å²) in [6, 6.07) is 12.4. The molecule has 106 valence electrons. The molecule has 0 saturated heterocycles. The van der Waals surface area contributed by atoms with Crippen LogP contribution < -0.4 is 9.47 Å². The number of phenolic OH excluding ortho intramolecular Hbond substituents is 1. The Morgan fingerprint density at radius 2 is 1.95 bits per heavy atom. The van der Waals surface area contributed by atoms with Gasteiger partial charge in [0.15, 0.2) is 0 Å². The molecule has 3 rings (SSSR count). The summed E-state index contributed by atoms with van der Waals surface area (Å²) in [4.78, 5) is 4.24. The molecule has 0 atom stereocenters. The summed E-state index contributed by atoms with van der Waals surface area (Å²) >= 11 is 3.44. The number of aromatic hydroxyl groups is 1. The van der Waals surface area contributed by atoms with E-state index in [1.807, 2.05) is 24.3 Å². The Bertz CT molecular complexity index is 805. The number of aromatic nitrogens is 1. The van der Waals surface area contributed by atoms with Gasteiger partial charge in [0.1, 0.15) is 17.2 Å². The van der Waals surface area contributed by atoms with Crippen molar-refractivity contribution in [2.75, 3.05) is 7.11 Å². The van der Waals surface area contributed by atoms with E-state index in [0.29, 0.717) is 11.6 Å². The number of halogens is 1. The van der Waals surface area contributed by atoms with Crippen LogP contribution in [0.5, 0.6) is 23.1 Å². The molecule has 0 aliphatic heterocycles. The van der Waals surface area contributed by atoms with Crippen molar-refractivity contribution in [3.05, 3.63) is 53.1 Å². The molecule has 5 heteroatoms. The lowest BCUT2D eigenvalue weighted by atomic mass is 10.1. The van der Waals surface area contributed by atoms with Gasteiger partial charge >= 0.3 is 0 Å². The zero-order valence-electron chi connectivity index (χ0n) is 11.2. The molecule has 0 fully saturated rings. The second kappa shape index (κ2) is 5.61. The van der Waals surface area contributed by atoms with Crippen molar-refractivity contribution in [2.24, 2.45) is 0 Å². The lowest BCUT2D eigenvalue weighted by Crippen LogP contribution is -1.91. The number of phenols is 1. The van der Waals surface area contributed by atoms with E-state index in [2.05, 4.69) is 20.9 Å². The van der Waals surface area contributed by atoms with Crippen LogP contribution >= 0.6 is 15.9 Å². The highest BCUT2D eigenvalue weighted by atomic mass is 79.9. The predicted octanol–water partition coefficient (Wildman–Crippen LogP) is 4.50. The summed E-state index contributed by atoms with van der Waals surface area (Å²) in [7, 11) is 1.61. The molecule has 21 heavy (non-hydrogen) atoms. The number of fused-ring (bicyclic) bond motifs is 1. The number of pyridine rings is 1. The molecule has 0 unspecified atom stereocenters. The normalized spacial score (nSPS) is 10.6. The van der Waals surface area contributed by atoms with Crippen molar-refractivity contribution in [1.29, 1.82) is 0 Å². The first-order valence-electron chi connectivity index (χ1n) is 6.26. The Hall–Kier alpha value is -2.27. The fraction of sp³-hybridized carbons (Fsp3) is 0.0625. The van der Waals surface area contributed by atoms with Crippen LogP contribution in [0.25, 0.3) is 10.8 Å². The monoisotopic (exact) mass is 345 g/mol. The first-order chi connectivity index (χ1) is 10.2. The van der Waals surface area contributed by atoms with E-state index in [1.165, 1.54) is 0 Å². The van der Waals surface area contributed by atoms with E-state index in [0.717, 1.165) is 21.0 Å². The van der Waals surface area contributed by atoms with Gasteiger partial charge in [0.25, 0.3) is 0 Å². The second-order valence-corrected chi connectivity index (χ2v) is 5.27. The van der Waals surface area contributed by atoms with Gasteiger partial charge in [-0.3, -0.25) is 0 Å². The molecular weight excluding hydrogens is 334 g/mol. The smallest absolute Gasteiger partial charge is 0.227 e. The maximum absolute atomic E-state index is 9.63. The molecule has 1 heterocycles. The van der Waals surface area contributed by atoms with Crippen LogP contribution in [0.15, 0.2) is 53.1 Å². The Morgan fingerprint density at radius 3 is 2.71 bits per heavy atom. The molecule has 0 saturated carbocycles. The van der Waals surface area contributed by atoms with Crippen LogP contribution in [0.4, 0.5) is 0 Å². The molecule has 0 aliphatic carbocycles. The zero-order chi connectivity index (χ0) is 14.8. The number of nitrogens with zero attached hydrogens (tertiary/aromatic N) is 1. The molecule has 0 spiro atoms. The number of ether oxygens (including phenoxy) is 2. The predicted molar refractivity (Wildman–Crippen MR) is 84.2 cm³/mol. The molecule has 4 nitrogen and oxygen atoms in total. The van der Waals surface area contributed by atoms with Crippen LogP contribution in [-0.4, -0.2) is 17.2 Å². The van der Waals surface area contributed by atoms with Crippen LogP contribution in [0.2, 0.25) is 0 Å². The van der Waals surface area contributed by atoms with Crippen molar-refractivity contribution < 1.29 is 14.6 Å². The lowest BCUT2D eigenvalue weighted by molar-refractivity contribution is 0.411. The molecule has 0 amide bonds. The third kappa shape index (κ3) is 2.78. The van der Waals surface area contributed by atoms with Gasteiger partial charge in [-0.1, -0.05) is 6.07 Å². The van der Waals surface area contributed by atoms with Gasteiger partial charge in [-0.25, -0.2) is 4.98 Å². The topological polar surface area (TPSA) is 51.6 Å². The maximum Gasteiger partial charge on any atom is 0.227 e. The first kappa shape index (κ1) is 13.7. The Kier molecular flexibility index (Phi) is 3.66. The fourth-order valence-electron chi connectivity index (χ4n) is 2.01. The number of hydrogen-bond donors (Lipinski definition) is 1. The minimum absolute atomic E-state index is 0.175. The second-order valence-electron chi connectivity index (χ2n) is 4.42. The first-order valence-corrected chi connectivity index (χ1v) is 7.06. The number of hydrogen-bond acceptors (Lipinski definition) is 4. The summed E-state index contributed by atoms with van der Waals surface area (Å²) in [5.74, 6) is 1.97. The minimum atomic E-state index is 0.175. The van der Waals surface area contributed by atoms with Crippen LogP contribution in [0.3, 0.4) is 0 Å². The largest absolute Gasteiger partial charge is 0.508 e. The molecule has 0 aliphatic rings. The van der Waals surface area contributed by atoms with Gasteiger partial charge < -0.3 is 14.6 Å². The summed E-state index contributed by atoms with van der Waals surface area (Å²) in [5.41, 5.74) is 0. The average Bonchev–Trinajstić information content (AvgIpc) is 2.49. The van der Waals surface area contributed by atoms with E-state index in [1.54, 1.807) is 31.5 Å². The van der Waals surface area contributed by atoms with Crippen molar-refractivity contribution in [1.82, 2.24) is 4.98 Å². The van der Waals surface area contributed by atoms with Gasteiger partial charge in [0.05, 0.1) is 11.6 Å². The molecule has 0 bridgehead atoms. The molecule has 1 N–H and O–H groups in total. The number of benzene rings is 2. The van der Waals surface area contributed by atoms with Gasteiger partial charge in [0.2, 0.25) is 5.88 Å². The summed E-state index contributed by atoms with van der Waals surface area (Å²) in [6.45, 7) is 0. The SMILES string of the molecule is COc1ccc(Oc2nccc3ccc(O)cc23)c(Br)c1. The quantitative estimate of drug-likeness (QED) is 0.758. The molecule has 3 aromatic rings. The Labute approximate surface area is 130 Å². The van der Waals surface area contributed by atoms with Gasteiger partial charge in [0, 0.05) is 11.6 Å². The molecule has 0 radical (unpaired) electrons. The van der Waals surface area contributed by atoms with Crippen LogP contribution in [0, 0.1) is 0 Å². The highest BCUT2D eigenvalue weighted by Crippen LogP contribution is 2.35. The van der Waals surface area contributed by atoms with Crippen molar-refractivity contribution >= 4 is 26.7 Å². The highest BCUT2D eigenvalue weighted by molar-refractivity contribution is 9.10. The summed E-state index contributed by atoms with van der Waals surface area (Å²) in [5, 5.41) is 11.3. The van der Waals surface area contributed by atoms with Crippen LogP contribution in [0.1, 0.15) is 0 Å². The maximum atomic E-state index is 9.63. The van der Waals surface area contributed by atoms with Crippen molar-refractivity contribution in [3.63, 3.8) is 0 Å².